The lowest BCUT2D eigenvalue weighted by molar-refractivity contribution is 0.132. The van der Waals surface area contributed by atoms with Crippen molar-refractivity contribution in [1.29, 1.82) is 0 Å². The summed E-state index contributed by atoms with van der Waals surface area (Å²) in [5.41, 5.74) is 0.762. The zero-order chi connectivity index (χ0) is 21.5. The summed E-state index contributed by atoms with van der Waals surface area (Å²) in [6.45, 7) is 1.47. The van der Waals surface area contributed by atoms with Crippen molar-refractivity contribution in [3.63, 3.8) is 0 Å². The van der Waals surface area contributed by atoms with Crippen LogP contribution in [-0.4, -0.2) is 50.6 Å². The Balaban J connectivity index is 2.02. The number of anilines is 2. The van der Waals surface area contributed by atoms with Crippen LogP contribution in [-0.2, 0) is 9.47 Å². The highest BCUT2D eigenvalue weighted by Gasteiger charge is 2.15. The Morgan fingerprint density at radius 2 is 1.63 bits per heavy atom. The quantitative estimate of drug-likeness (QED) is 0.311. The Labute approximate surface area is 186 Å². The lowest BCUT2D eigenvalue weighted by atomic mass is 10.2. The molecule has 30 heavy (non-hydrogen) atoms. The van der Waals surface area contributed by atoms with Gasteiger partial charge in [-0.15, -0.1) is 0 Å². The molecule has 3 rings (SSSR count). The Morgan fingerprint density at radius 1 is 0.967 bits per heavy atom. The zero-order valence-electron chi connectivity index (χ0n) is 16.4. The molecule has 0 spiro atoms. The van der Waals surface area contributed by atoms with Crippen LogP contribution >= 0.6 is 27.5 Å². The first-order chi connectivity index (χ1) is 14.5. The third-order valence-electron chi connectivity index (χ3n) is 4.01. The summed E-state index contributed by atoms with van der Waals surface area (Å²) in [5, 5.41) is 3.58. The summed E-state index contributed by atoms with van der Waals surface area (Å²) >= 11 is 9.35. The van der Waals surface area contributed by atoms with Crippen LogP contribution in [0.25, 0.3) is 10.9 Å². The topological polar surface area (TPSA) is 74.7 Å². The number of hydrogen-bond donors (Lipinski definition) is 1. The van der Waals surface area contributed by atoms with Crippen LogP contribution in [0.5, 0.6) is 11.5 Å². The molecular formula is C20H20BrClFN3O4. The van der Waals surface area contributed by atoms with Gasteiger partial charge in [-0.3, -0.25) is 0 Å². The minimum absolute atomic E-state index is 0.0124. The lowest BCUT2D eigenvalue weighted by Gasteiger charge is -2.15. The van der Waals surface area contributed by atoms with E-state index >= 15 is 0 Å². The maximum atomic E-state index is 14.3. The van der Waals surface area contributed by atoms with E-state index in [1.807, 2.05) is 0 Å². The van der Waals surface area contributed by atoms with Crippen molar-refractivity contribution in [1.82, 2.24) is 9.97 Å². The molecule has 0 amide bonds. The highest BCUT2D eigenvalue weighted by molar-refractivity contribution is 9.10. The number of ether oxygens (including phenoxy) is 4. The van der Waals surface area contributed by atoms with Crippen molar-refractivity contribution < 1.29 is 23.3 Å². The molecule has 0 unspecified atom stereocenters. The van der Waals surface area contributed by atoms with Gasteiger partial charge in [0.15, 0.2) is 11.5 Å². The predicted octanol–water partition coefficient (Wildman–Crippen LogP) is 4.98. The lowest BCUT2D eigenvalue weighted by Crippen LogP contribution is -2.09. The number of nitrogens with one attached hydrogen (secondary N) is 1. The fraction of sp³-hybridized carbons (Fsp3) is 0.300. The Hall–Kier alpha value is -2.20. The number of fused-ring (bicyclic) bond motifs is 1. The molecule has 0 radical (unpaired) electrons. The van der Waals surface area contributed by atoms with E-state index in [2.05, 4.69) is 31.2 Å². The highest BCUT2D eigenvalue weighted by Crippen LogP contribution is 2.36. The van der Waals surface area contributed by atoms with Gasteiger partial charge in [-0.25, -0.2) is 9.37 Å². The number of halogens is 3. The Bertz CT molecular complexity index is 1020. The van der Waals surface area contributed by atoms with Gasteiger partial charge < -0.3 is 24.3 Å². The normalized spacial score (nSPS) is 11.0. The molecule has 2 aromatic carbocycles. The number of rotatable bonds is 10. The summed E-state index contributed by atoms with van der Waals surface area (Å²) in [7, 11) is 3.18. The fourth-order valence-corrected chi connectivity index (χ4v) is 3.13. The molecule has 0 bridgehead atoms. The van der Waals surface area contributed by atoms with Crippen LogP contribution < -0.4 is 14.8 Å². The van der Waals surface area contributed by atoms with E-state index in [0.29, 0.717) is 59.1 Å². The molecule has 0 saturated carbocycles. The number of benzene rings is 2. The minimum Gasteiger partial charge on any atom is -0.487 e. The van der Waals surface area contributed by atoms with Gasteiger partial charge in [-0.1, -0.05) is 15.9 Å². The molecule has 1 aromatic heterocycles. The Kier molecular flexibility index (Phi) is 8.03. The van der Waals surface area contributed by atoms with Gasteiger partial charge in [-0.2, -0.15) is 4.98 Å². The van der Waals surface area contributed by atoms with Gasteiger partial charge in [0, 0.05) is 30.1 Å². The van der Waals surface area contributed by atoms with Crippen LogP contribution in [0.15, 0.2) is 34.8 Å². The number of hydrogen-bond acceptors (Lipinski definition) is 7. The van der Waals surface area contributed by atoms with E-state index in [4.69, 9.17) is 30.5 Å². The summed E-state index contributed by atoms with van der Waals surface area (Å²) in [6, 6.07) is 8.09. The van der Waals surface area contributed by atoms with E-state index < -0.39 is 5.82 Å². The average molecular weight is 501 g/mol. The van der Waals surface area contributed by atoms with Crippen molar-refractivity contribution in [2.75, 3.05) is 46.0 Å². The van der Waals surface area contributed by atoms with Gasteiger partial charge in [0.1, 0.15) is 24.8 Å². The molecule has 10 heteroatoms. The van der Waals surface area contributed by atoms with Crippen LogP contribution in [0, 0.1) is 5.82 Å². The second-order valence-corrected chi connectivity index (χ2v) is 7.34. The van der Waals surface area contributed by atoms with Gasteiger partial charge in [0.05, 0.1) is 24.4 Å². The summed E-state index contributed by atoms with van der Waals surface area (Å²) < 4.78 is 36.6. The van der Waals surface area contributed by atoms with Gasteiger partial charge in [0.2, 0.25) is 5.28 Å². The van der Waals surface area contributed by atoms with E-state index in [0.717, 1.165) is 0 Å². The van der Waals surface area contributed by atoms with E-state index in [1.165, 1.54) is 6.07 Å². The molecule has 0 saturated heterocycles. The first kappa shape index (κ1) is 22.5. The van der Waals surface area contributed by atoms with Crippen molar-refractivity contribution in [2.45, 2.75) is 0 Å². The number of methoxy groups -OCH3 is 2. The summed E-state index contributed by atoms with van der Waals surface area (Å²) in [4.78, 5) is 8.49. The third-order valence-corrected chi connectivity index (χ3v) is 4.67. The van der Waals surface area contributed by atoms with Crippen LogP contribution in [0.2, 0.25) is 5.28 Å². The van der Waals surface area contributed by atoms with Crippen LogP contribution in [0.1, 0.15) is 0 Å². The third kappa shape index (κ3) is 5.69. The van der Waals surface area contributed by atoms with E-state index in [1.54, 1.807) is 38.5 Å². The van der Waals surface area contributed by atoms with Gasteiger partial charge >= 0.3 is 0 Å². The maximum absolute atomic E-state index is 14.3. The molecule has 0 atom stereocenters. The molecule has 0 aliphatic heterocycles. The number of nitrogens with zero attached hydrogens (tertiary/aromatic N) is 2. The molecule has 1 heterocycles. The SMILES string of the molecule is COCCOc1cc2nc(Cl)nc(Nc3ccc(Br)cc3F)c2cc1OCCOC. The first-order valence-electron chi connectivity index (χ1n) is 8.98. The summed E-state index contributed by atoms with van der Waals surface area (Å²) in [5.74, 6) is 0.849. The molecule has 7 nitrogen and oxygen atoms in total. The van der Waals surface area contributed by atoms with Gasteiger partial charge in [0.25, 0.3) is 0 Å². The van der Waals surface area contributed by atoms with Crippen molar-refractivity contribution in [3.05, 3.63) is 45.9 Å². The smallest absolute Gasteiger partial charge is 0.224 e. The van der Waals surface area contributed by atoms with E-state index in [9.17, 15) is 4.39 Å². The zero-order valence-corrected chi connectivity index (χ0v) is 18.7. The van der Waals surface area contributed by atoms with Crippen molar-refractivity contribution in [3.8, 4) is 11.5 Å². The molecule has 0 fully saturated rings. The van der Waals surface area contributed by atoms with Gasteiger partial charge in [-0.05, 0) is 35.9 Å². The maximum Gasteiger partial charge on any atom is 0.224 e. The molecule has 1 N–H and O–H groups in total. The minimum atomic E-state index is -0.441. The molecule has 160 valence electrons. The first-order valence-corrected chi connectivity index (χ1v) is 10.2. The van der Waals surface area contributed by atoms with Crippen molar-refractivity contribution in [2.24, 2.45) is 0 Å². The second-order valence-electron chi connectivity index (χ2n) is 6.09. The van der Waals surface area contributed by atoms with Crippen LogP contribution in [0.3, 0.4) is 0 Å². The highest BCUT2D eigenvalue weighted by atomic mass is 79.9. The largest absolute Gasteiger partial charge is 0.487 e. The van der Waals surface area contributed by atoms with E-state index in [-0.39, 0.29) is 11.0 Å². The number of aromatic nitrogens is 2. The monoisotopic (exact) mass is 499 g/mol. The molecular weight excluding hydrogens is 481 g/mol. The molecule has 3 aromatic rings. The predicted molar refractivity (Wildman–Crippen MR) is 117 cm³/mol. The second kappa shape index (κ2) is 10.7. The molecule has 0 aliphatic carbocycles. The fourth-order valence-electron chi connectivity index (χ4n) is 2.62. The average Bonchev–Trinajstić information content (AvgIpc) is 2.71. The summed E-state index contributed by atoms with van der Waals surface area (Å²) in [6.07, 6.45) is 0. The van der Waals surface area contributed by atoms with Crippen LogP contribution in [0.4, 0.5) is 15.9 Å². The van der Waals surface area contributed by atoms with Crippen molar-refractivity contribution >= 4 is 49.9 Å². The molecule has 0 aliphatic rings. The standard InChI is InChI=1S/C20H20BrClFN3O4/c1-27-5-7-29-17-10-13-16(11-18(17)30-8-6-28-2)25-20(22)26-19(13)24-15-4-3-12(21)9-14(15)23/h3-4,9-11H,5-8H2,1-2H3,(H,24,25,26). The Morgan fingerprint density at radius 3 is 2.27 bits per heavy atom.